The molecule has 0 radical (unpaired) electrons. The zero-order valence-electron chi connectivity index (χ0n) is 13.7. The highest BCUT2D eigenvalue weighted by Crippen LogP contribution is 2.41. The largest absolute Gasteiger partial charge is 0.242 e. The van der Waals surface area contributed by atoms with E-state index in [0.717, 1.165) is 17.5 Å². The van der Waals surface area contributed by atoms with Crippen molar-refractivity contribution in [3.63, 3.8) is 0 Å². The van der Waals surface area contributed by atoms with E-state index in [-0.39, 0.29) is 16.9 Å². The van der Waals surface area contributed by atoms with Crippen molar-refractivity contribution in [3.8, 4) is 5.82 Å². The number of aromatic nitrogens is 3. The molecule has 0 saturated heterocycles. The maximum Gasteiger partial charge on any atom is 0.242 e. The summed E-state index contributed by atoms with van der Waals surface area (Å²) in [6, 6.07) is 13.1. The average Bonchev–Trinajstić information content (AvgIpc) is 3.24. The zero-order valence-corrected chi connectivity index (χ0v) is 14.5. The number of nitrogens with zero attached hydrogens (tertiary/aromatic N) is 3. The quantitative estimate of drug-likeness (QED) is 0.763. The Hall–Kier alpha value is -2.51. The molecule has 2 aromatic heterocycles. The average molecular weight is 354 g/mol. The maximum atomic E-state index is 12.5. The fraction of sp³-hybridized carbons (Fsp3) is 0.222. The van der Waals surface area contributed by atoms with Crippen molar-refractivity contribution in [3.05, 3.63) is 72.2 Å². The van der Waals surface area contributed by atoms with Gasteiger partial charge in [-0.05, 0) is 36.6 Å². The van der Waals surface area contributed by atoms with Gasteiger partial charge in [0.1, 0.15) is 4.90 Å². The van der Waals surface area contributed by atoms with Gasteiger partial charge < -0.3 is 0 Å². The van der Waals surface area contributed by atoms with Crippen LogP contribution in [0, 0.1) is 6.92 Å². The molecule has 3 aromatic rings. The lowest BCUT2D eigenvalue weighted by atomic mass is 10.1. The van der Waals surface area contributed by atoms with Gasteiger partial charge >= 0.3 is 0 Å². The third-order valence-electron chi connectivity index (χ3n) is 4.30. The van der Waals surface area contributed by atoms with Crippen LogP contribution in [0.4, 0.5) is 0 Å². The van der Waals surface area contributed by atoms with Crippen LogP contribution in [-0.4, -0.2) is 29.2 Å². The molecule has 25 heavy (non-hydrogen) atoms. The monoisotopic (exact) mass is 354 g/mol. The molecular weight excluding hydrogens is 336 g/mol. The maximum absolute atomic E-state index is 12.5. The van der Waals surface area contributed by atoms with E-state index in [0.29, 0.717) is 5.82 Å². The van der Waals surface area contributed by atoms with Crippen molar-refractivity contribution < 1.29 is 8.42 Å². The number of nitrogens with one attached hydrogen (secondary N) is 1. The first-order valence-corrected chi connectivity index (χ1v) is 9.56. The van der Waals surface area contributed by atoms with Gasteiger partial charge in [0.25, 0.3) is 0 Å². The van der Waals surface area contributed by atoms with Crippen LogP contribution in [0.25, 0.3) is 5.82 Å². The van der Waals surface area contributed by atoms with E-state index in [9.17, 15) is 8.42 Å². The molecule has 1 aromatic carbocycles. The van der Waals surface area contributed by atoms with E-state index in [2.05, 4.69) is 14.8 Å². The molecule has 0 amide bonds. The highest BCUT2D eigenvalue weighted by atomic mass is 32.2. The molecule has 128 valence electrons. The summed E-state index contributed by atoms with van der Waals surface area (Å²) in [4.78, 5) is 4.38. The van der Waals surface area contributed by atoms with Crippen molar-refractivity contribution in [1.82, 2.24) is 19.5 Å². The van der Waals surface area contributed by atoms with E-state index in [1.54, 1.807) is 23.0 Å². The van der Waals surface area contributed by atoms with Crippen LogP contribution in [-0.2, 0) is 10.0 Å². The van der Waals surface area contributed by atoms with E-state index >= 15 is 0 Å². The summed E-state index contributed by atoms with van der Waals surface area (Å²) in [6.45, 7) is 1.94. The van der Waals surface area contributed by atoms with Gasteiger partial charge in [0.2, 0.25) is 10.0 Å². The number of benzene rings is 1. The molecule has 1 fully saturated rings. The van der Waals surface area contributed by atoms with Crippen molar-refractivity contribution in [2.45, 2.75) is 30.2 Å². The van der Waals surface area contributed by atoms with Crippen molar-refractivity contribution in [1.29, 1.82) is 0 Å². The first kappa shape index (κ1) is 16.0. The predicted octanol–water partition coefficient (Wildman–Crippen LogP) is 2.41. The Labute approximate surface area is 146 Å². The minimum Gasteiger partial charge on any atom is -0.236 e. The number of rotatable bonds is 5. The van der Waals surface area contributed by atoms with Gasteiger partial charge in [0.15, 0.2) is 5.82 Å². The first-order valence-electron chi connectivity index (χ1n) is 8.08. The summed E-state index contributed by atoms with van der Waals surface area (Å²) in [5.41, 5.74) is 2.18. The zero-order chi connectivity index (χ0) is 17.4. The third-order valence-corrected chi connectivity index (χ3v) is 5.78. The van der Waals surface area contributed by atoms with E-state index < -0.39 is 10.0 Å². The van der Waals surface area contributed by atoms with Crippen LogP contribution in [0.2, 0.25) is 0 Å². The van der Waals surface area contributed by atoms with Gasteiger partial charge in [-0.2, -0.15) is 5.10 Å². The molecule has 0 unspecified atom stereocenters. The SMILES string of the molecule is Cc1cnn(-c2ccc(S(=O)(=O)N[C@H]3C[C@@H]3c3ccccc3)cn2)c1. The fourth-order valence-corrected chi connectivity index (χ4v) is 4.10. The van der Waals surface area contributed by atoms with E-state index in [1.165, 1.54) is 6.20 Å². The molecule has 1 aliphatic carbocycles. The lowest BCUT2D eigenvalue weighted by Crippen LogP contribution is -2.27. The topological polar surface area (TPSA) is 76.9 Å². The minimum absolute atomic E-state index is 0.0548. The number of pyridine rings is 1. The van der Waals surface area contributed by atoms with E-state index in [4.69, 9.17) is 0 Å². The van der Waals surface area contributed by atoms with Crippen LogP contribution in [0.1, 0.15) is 23.5 Å². The van der Waals surface area contributed by atoms with Crippen molar-refractivity contribution in [2.24, 2.45) is 0 Å². The second kappa shape index (κ2) is 6.09. The van der Waals surface area contributed by atoms with E-state index in [1.807, 2.05) is 43.5 Å². The van der Waals surface area contributed by atoms with Crippen LogP contribution < -0.4 is 4.72 Å². The summed E-state index contributed by atoms with van der Waals surface area (Å²) >= 11 is 0. The molecule has 2 heterocycles. The molecule has 6 nitrogen and oxygen atoms in total. The molecule has 1 aliphatic rings. The number of hydrogen-bond donors (Lipinski definition) is 1. The summed E-state index contributed by atoms with van der Waals surface area (Å²) in [5.74, 6) is 0.830. The highest BCUT2D eigenvalue weighted by molar-refractivity contribution is 7.89. The van der Waals surface area contributed by atoms with Gasteiger partial charge in [0.05, 0.1) is 6.20 Å². The second-order valence-corrected chi connectivity index (χ2v) is 8.01. The van der Waals surface area contributed by atoms with Crippen LogP contribution in [0.5, 0.6) is 0 Å². The van der Waals surface area contributed by atoms with Gasteiger partial charge in [-0.1, -0.05) is 30.3 Å². The molecule has 1 saturated carbocycles. The van der Waals surface area contributed by atoms with Crippen LogP contribution in [0.3, 0.4) is 0 Å². The highest BCUT2D eigenvalue weighted by Gasteiger charge is 2.41. The molecule has 4 rings (SSSR count). The first-order chi connectivity index (χ1) is 12.0. The number of aryl methyl sites for hydroxylation is 1. The Balaban J connectivity index is 1.48. The summed E-state index contributed by atoms with van der Waals surface area (Å²) < 4.78 is 29.5. The van der Waals surface area contributed by atoms with Crippen LogP contribution >= 0.6 is 0 Å². The summed E-state index contributed by atoms with van der Waals surface area (Å²) in [7, 11) is -3.57. The van der Waals surface area contributed by atoms with Gasteiger partial charge in [-0.3, -0.25) is 0 Å². The van der Waals surface area contributed by atoms with Gasteiger partial charge in [-0.25, -0.2) is 22.8 Å². The lowest BCUT2D eigenvalue weighted by Gasteiger charge is -2.07. The van der Waals surface area contributed by atoms with Crippen molar-refractivity contribution in [2.75, 3.05) is 0 Å². The lowest BCUT2D eigenvalue weighted by molar-refractivity contribution is 0.579. The van der Waals surface area contributed by atoms with Crippen molar-refractivity contribution >= 4 is 10.0 Å². The molecule has 7 heteroatoms. The second-order valence-electron chi connectivity index (χ2n) is 6.30. The Morgan fingerprint density at radius 3 is 2.56 bits per heavy atom. The Morgan fingerprint density at radius 1 is 1.12 bits per heavy atom. The molecule has 1 N–H and O–H groups in total. The third kappa shape index (κ3) is 3.33. The number of sulfonamides is 1. The normalized spacial score (nSPS) is 19.7. The molecular formula is C18H18N4O2S. The Morgan fingerprint density at radius 2 is 1.92 bits per heavy atom. The molecule has 2 atom stereocenters. The summed E-state index contributed by atoms with van der Waals surface area (Å²) in [6.07, 6.45) is 5.75. The molecule has 0 aliphatic heterocycles. The number of hydrogen-bond acceptors (Lipinski definition) is 4. The molecule has 0 bridgehead atoms. The fourth-order valence-electron chi connectivity index (χ4n) is 2.87. The Kier molecular flexibility index (Phi) is 3.89. The van der Waals surface area contributed by atoms with Gasteiger partial charge in [0, 0.05) is 24.4 Å². The molecule has 0 spiro atoms. The predicted molar refractivity (Wildman–Crippen MR) is 94.0 cm³/mol. The standard InChI is InChI=1S/C18H18N4O2S/c1-13-10-20-22(12-13)18-8-7-15(11-19-18)25(23,24)21-17-9-16(17)14-5-3-2-4-6-14/h2-8,10-12,16-17,21H,9H2,1H3/t16-,17+/m1/s1. The minimum atomic E-state index is -3.57. The Bertz CT molecular complexity index is 981. The summed E-state index contributed by atoms with van der Waals surface area (Å²) in [5, 5.41) is 4.17. The van der Waals surface area contributed by atoms with Crippen LogP contribution in [0.15, 0.2) is 66.0 Å². The van der Waals surface area contributed by atoms with Gasteiger partial charge in [-0.15, -0.1) is 0 Å². The smallest absolute Gasteiger partial charge is 0.236 e.